The molecule has 3 amide bonds. The summed E-state index contributed by atoms with van der Waals surface area (Å²) in [6.45, 7) is 1.15. The van der Waals surface area contributed by atoms with Gasteiger partial charge < -0.3 is 19.9 Å². The molecule has 0 atom stereocenters. The molecule has 1 aliphatic rings. The van der Waals surface area contributed by atoms with Crippen molar-refractivity contribution in [3.05, 3.63) is 143 Å². The van der Waals surface area contributed by atoms with Gasteiger partial charge in [-0.25, -0.2) is 9.59 Å². The van der Waals surface area contributed by atoms with Crippen LogP contribution >= 0.6 is 0 Å². The highest BCUT2D eigenvalue weighted by atomic mass is 16.5. The quantitative estimate of drug-likeness (QED) is 0.151. The zero-order chi connectivity index (χ0) is 31.4. The molecule has 2 N–H and O–H groups in total. The number of nitrogens with one attached hydrogen (secondary N) is 2. The van der Waals surface area contributed by atoms with Crippen LogP contribution in [0.15, 0.2) is 109 Å². The topological polar surface area (TPSA) is 94.7 Å². The highest BCUT2D eigenvalue weighted by Gasteiger charge is 2.53. The van der Waals surface area contributed by atoms with Gasteiger partial charge in [0.2, 0.25) is 0 Å². The Morgan fingerprint density at radius 2 is 1.42 bits per heavy atom. The normalized spacial score (nSPS) is 14.2. The first-order chi connectivity index (χ1) is 21.9. The number of fused-ring (bicyclic) bond motifs is 1. The van der Waals surface area contributed by atoms with E-state index in [4.69, 9.17) is 4.74 Å². The van der Waals surface area contributed by atoms with E-state index in [-0.39, 0.29) is 19.1 Å². The molecule has 1 aliphatic heterocycles. The van der Waals surface area contributed by atoms with E-state index >= 15 is 0 Å². The van der Waals surface area contributed by atoms with Crippen LogP contribution in [0, 0.1) is 0 Å². The van der Waals surface area contributed by atoms with Crippen LogP contribution in [0.2, 0.25) is 0 Å². The number of aromatic amines is 1. The first-order valence-electron chi connectivity index (χ1n) is 15.1. The van der Waals surface area contributed by atoms with E-state index < -0.39 is 17.5 Å². The summed E-state index contributed by atoms with van der Waals surface area (Å²) >= 11 is 0. The third kappa shape index (κ3) is 5.97. The van der Waals surface area contributed by atoms with Gasteiger partial charge in [-0.15, -0.1) is 0 Å². The minimum absolute atomic E-state index is 0.187. The van der Waals surface area contributed by atoms with Gasteiger partial charge in [0.05, 0.1) is 0 Å². The lowest BCUT2D eigenvalue weighted by Gasteiger charge is -2.28. The Balaban J connectivity index is 1.25. The van der Waals surface area contributed by atoms with Crippen molar-refractivity contribution in [2.75, 3.05) is 27.2 Å². The van der Waals surface area contributed by atoms with Gasteiger partial charge in [0.25, 0.3) is 5.91 Å². The fraction of sp³-hybridized carbons (Fsp3) is 0.216. The smallest absolute Gasteiger partial charge is 0.355 e. The maximum absolute atomic E-state index is 14.1. The van der Waals surface area contributed by atoms with Gasteiger partial charge in [-0.3, -0.25) is 9.69 Å². The number of esters is 1. The molecule has 1 saturated heterocycles. The molecule has 8 nitrogen and oxygen atoms in total. The second kappa shape index (κ2) is 12.8. The zero-order valence-electron chi connectivity index (χ0n) is 25.5. The van der Waals surface area contributed by atoms with Crippen LogP contribution < -0.4 is 5.32 Å². The standard InChI is InChI=1S/C37H36N4O4/c1-40(2)22-21-30-31-24-26(18-19-32(31)38-33(30)34(42)45-25-27-12-6-3-7-13-27)20-23-41-35(43)37(39-36(41)44,28-14-8-4-9-15-28)29-16-10-5-11-17-29/h3-19,24,38H,20-23,25H2,1-2H3,(H,39,44). The van der Waals surface area contributed by atoms with Crippen LogP contribution in [0.25, 0.3) is 10.9 Å². The molecule has 0 spiro atoms. The van der Waals surface area contributed by atoms with Gasteiger partial charge in [0.1, 0.15) is 12.3 Å². The number of benzene rings is 4. The average Bonchev–Trinajstić information content (AvgIpc) is 3.56. The van der Waals surface area contributed by atoms with E-state index in [0.717, 1.165) is 34.1 Å². The van der Waals surface area contributed by atoms with Crippen molar-refractivity contribution < 1.29 is 19.1 Å². The average molecular weight is 601 g/mol. The third-order valence-electron chi connectivity index (χ3n) is 8.34. The summed E-state index contributed by atoms with van der Waals surface area (Å²) in [7, 11) is 3.99. The molecule has 228 valence electrons. The third-order valence-corrected chi connectivity index (χ3v) is 8.34. The second-order valence-corrected chi connectivity index (χ2v) is 11.6. The van der Waals surface area contributed by atoms with Crippen LogP contribution in [-0.2, 0) is 34.5 Å². The van der Waals surface area contributed by atoms with Crippen molar-refractivity contribution in [1.29, 1.82) is 0 Å². The number of imide groups is 1. The molecule has 0 saturated carbocycles. The Hall–Kier alpha value is -5.21. The summed E-state index contributed by atoms with van der Waals surface area (Å²) in [6, 6.07) is 33.9. The Labute approximate surface area is 262 Å². The van der Waals surface area contributed by atoms with Crippen LogP contribution in [0.5, 0.6) is 0 Å². The zero-order valence-corrected chi connectivity index (χ0v) is 25.5. The van der Waals surface area contributed by atoms with Gasteiger partial charge in [0, 0.05) is 24.0 Å². The largest absolute Gasteiger partial charge is 0.456 e. The number of urea groups is 1. The van der Waals surface area contributed by atoms with Crippen molar-refractivity contribution in [2.24, 2.45) is 0 Å². The lowest BCUT2D eigenvalue weighted by molar-refractivity contribution is -0.130. The number of nitrogens with zero attached hydrogens (tertiary/aromatic N) is 2. The predicted octanol–water partition coefficient (Wildman–Crippen LogP) is 5.67. The summed E-state index contributed by atoms with van der Waals surface area (Å²) in [4.78, 5) is 47.4. The molecule has 1 aromatic heterocycles. The van der Waals surface area contributed by atoms with Gasteiger partial charge in [-0.05, 0) is 66.9 Å². The SMILES string of the molecule is CN(C)CCc1c(C(=O)OCc2ccccc2)[nH]c2ccc(CCN3C(=O)NC(c4ccccc4)(c4ccccc4)C3=O)cc12. The molecular formula is C37H36N4O4. The number of hydrogen-bond donors (Lipinski definition) is 2. The molecule has 1 fully saturated rings. The maximum atomic E-state index is 14.1. The van der Waals surface area contributed by atoms with Crippen LogP contribution in [0.1, 0.15) is 38.3 Å². The number of hydrogen-bond acceptors (Lipinski definition) is 5. The lowest BCUT2D eigenvalue weighted by Crippen LogP contribution is -2.45. The van der Waals surface area contributed by atoms with Gasteiger partial charge in [-0.1, -0.05) is 97.1 Å². The van der Waals surface area contributed by atoms with Crippen molar-refractivity contribution in [2.45, 2.75) is 25.0 Å². The number of aromatic nitrogens is 1. The Kier molecular flexibility index (Phi) is 8.49. The first kappa shape index (κ1) is 29.8. The van der Waals surface area contributed by atoms with Gasteiger partial charge in [0.15, 0.2) is 5.54 Å². The fourth-order valence-electron chi connectivity index (χ4n) is 5.97. The predicted molar refractivity (Wildman–Crippen MR) is 174 cm³/mol. The van der Waals surface area contributed by atoms with Crippen LogP contribution in [0.3, 0.4) is 0 Å². The molecule has 5 aromatic rings. The van der Waals surface area contributed by atoms with E-state index in [9.17, 15) is 14.4 Å². The van der Waals surface area contributed by atoms with Gasteiger partial charge >= 0.3 is 12.0 Å². The van der Waals surface area contributed by atoms with Crippen molar-refractivity contribution in [1.82, 2.24) is 20.1 Å². The number of amides is 3. The molecule has 2 heterocycles. The number of carbonyl (C=O) groups excluding carboxylic acids is 3. The van der Waals surface area contributed by atoms with Crippen molar-refractivity contribution in [3.8, 4) is 0 Å². The minimum Gasteiger partial charge on any atom is -0.456 e. The van der Waals surface area contributed by atoms with E-state index in [0.29, 0.717) is 29.7 Å². The summed E-state index contributed by atoms with van der Waals surface area (Å²) in [5.74, 6) is -0.703. The number of rotatable bonds is 11. The number of carbonyl (C=O) groups is 3. The fourth-order valence-corrected chi connectivity index (χ4v) is 5.97. The highest BCUT2D eigenvalue weighted by Crippen LogP contribution is 2.36. The van der Waals surface area contributed by atoms with Crippen LogP contribution in [0.4, 0.5) is 4.79 Å². The molecular weight excluding hydrogens is 564 g/mol. The number of likely N-dealkylation sites (N-methyl/N-ethyl adjacent to an activating group) is 1. The Morgan fingerprint density at radius 3 is 2.04 bits per heavy atom. The molecule has 4 aromatic carbocycles. The molecule has 6 rings (SSSR count). The lowest BCUT2D eigenvalue weighted by atomic mass is 9.82. The highest BCUT2D eigenvalue weighted by molar-refractivity contribution is 6.09. The van der Waals surface area contributed by atoms with Crippen LogP contribution in [-0.4, -0.2) is 59.9 Å². The number of H-pyrrole nitrogens is 1. The summed E-state index contributed by atoms with van der Waals surface area (Å²) in [5.41, 5.74) is 4.17. The minimum atomic E-state index is -1.29. The molecule has 0 radical (unpaired) electrons. The van der Waals surface area contributed by atoms with Crippen molar-refractivity contribution >= 4 is 28.8 Å². The summed E-state index contributed by atoms with van der Waals surface area (Å²) in [5, 5.41) is 3.95. The molecule has 0 aliphatic carbocycles. The summed E-state index contributed by atoms with van der Waals surface area (Å²) in [6.07, 6.45) is 1.11. The van der Waals surface area contributed by atoms with E-state index in [1.54, 1.807) is 0 Å². The van der Waals surface area contributed by atoms with E-state index in [1.807, 2.05) is 123 Å². The molecule has 0 unspecified atom stereocenters. The van der Waals surface area contributed by atoms with Crippen molar-refractivity contribution in [3.63, 3.8) is 0 Å². The van der Waals surface area contributed by atoms with E-state index in [2.05, 4.69) is 15.2 Å². The maximum Gasteiger partial charge on any atom is 0.355 e. The van der Waals surface area contributed by atoms with E-state index in [1.165, 1.54) is 4.90 Å². The first-order valence-corrected chi connectivity index (χ1v) is 15.1. The Bertz CT molecular complexity index is 1780. The summed E-state index contributed by atoms with van der Waals surface area (Å²) < 4.78 is 5.68. The molecule has 45 heavy (non-hydrogen) atoms. The second-order valence-electron chi connectivity index (χ2n) is 11.6. The molecule has 8 heteroatoms. The van der Waals surface area contributed by atoms with Gasteiger partial charge in [-0.2, -0.15) is 0 Å². The monoisotopic (exact) mass is 600 g/mol. The molecule has 0 bridgehead atoms. The Morgan fingerprint density at radius 1 is 0.800 bits per heavy atom. The number of ether oxygens (including phenoxy) is 1.